The Morgan fingerprint density at radius 3 is 3.15 bits per heavy atom. The molecule has 0 fully saturated rings. The van der Waals surface area contributed by atoms with E-state index in [9.17, 15) is 0 Å². The van der Waals surface area contributed by atoms with Crippen molar-refractivity contribution in [3.63, 3.8) is 0 Å². The van der Waals surface area contributed by atoms with Gasteiger partial charge in [-0.05, 0) is 37.4 Å². The summed E-state index contributed by atoms with van der Waals surface area (Å²) in [6.45, 7) is 5.25. The Morgan fingerprint density at radius 2 is 2.35 bits per heavy atom. The van der Waals surface area contributed by atoms with E-state index in [0.717, 1.165) is 26.0 Å². The van der Waals surface area contributed by atoms with Gasteiger partial charge in [-0.3, -0.25) is 4.98 Å². The van der Waals surface area contributed by atoms with Gasteiger partial charge in [-0.25, -0.2) is 0 Å². The van der Waals surface area contributed by atoms with Crippen LogP contribution in [0.1, 0.15) is 36.9 Å². The molecule has 1 aromatic heterocycles. The van der Waals surface area contributed by atoms with Gasteiger partial charge < -0.3 is 14.8 Å². The second kappa shape index (κ2) is 8.35. The number of hydrogen-bond acceptors (Lipinski definition) is 4. The molecule has 1 aromatic rings. The lowest BCUT2D eigenvalue weighted by Gasteiger charge is -2.25. The zero-order valence-corrected chi connectivity index (χ0v) is 12.6. The number of nitrogens with one attached hydrogen (secondary N) is 1. The lowest BCUT2D eigenvalue weighted by Crippen LogP contribution is -2.39. The molecule has 112 valence electrons. The molecule has 0 aliphatic heterocycles. The van der Waals surface area contributed by atoms with Crippen LogP contribution in [0.5, 0.6) is 0 Å². The van der Waals surface area contributed by atoms with E-state index < -0.39 is 0 Å². The largest absolute Gasteiger partial charge is 0.382 e. The zero-order chi connectivity index (χ0) is 14.2. The van der Waals surface area contributed by atoms with Crippen LogP contribution in [-0.4, -0.2) is 44.5 Å². The van der Waals surface area contributed by atoms with E-state index in [-0.39, 0.29) is 0 Å². The summed E-state index contributed by atoms with van der Waals surface area (Å²) in [6.07, 6.45) is 5.34. The van der Waals surface area contributed by atoms with Gasteiger partial charge in [-0.15, -0.1) is 0 Å². The number of nitrogens with zero attached hydrogens (tertiary/aromatic N) is 1. The first-order chi connectivity index (χ1) is 9.86. The Kier molecular flexibility index (Phi) is 6.43. The van der Waals surface area contributed by atoms with Crippen molar-refractivity contribution in [2.24, 2.45) is 0 Å². The Bertz CT molecular complexity index is 398. The topological polar surface area (TPSA) is 43.4 Å². The molecule has 0 saturated heterocycles. The first kappa shape index (κ1) is 15.4. The maximum absolute atomic E-state index is 5.75. The molecule has 1 heterocycles. The molecule has 1 aliphatic rings. The summed E-state index contributed by atoms with van der Waals surface area (Å²) >= 11 is 0. The summed E-state index contributed by atoms with van der Waals surface area (Å²) in [6, 6.07) is 4.58. The van der Waals surface area contributed by atoms with E-state index in [1.807, 2.05) is 12.3 Å². The third-order valence-electron chi connectivity index (χ3n) is 3.87. The quantitative estimate of drug-likeness (QED) is 0.703. The van der Waals surface area contributed by atoms with Crippen LogP contribution in [0.15, 0.2) is 18.3 Å². The highest BCUT2D eigenvalue weighted by Crippen LogP contribution is 2.33. The van der Waals surface area contributed by atoms with Crippen molar-refractivity contribution in [1.82, 2.24) is 10.3 Å². The Balaban J connectivity index is 1.96. The summed E-state index contributed by atoms with van der Waals surface area (Å²) in [5, 5.41) is 3.62. The third kappa shape index (κ3) is 4.01. The highest BCUT2D eigenvalue weighted by Gasteiger charge is 2.30. The summed E-state index contributed by atoms with van der Waals surface area (Å²) in [7, 11) is 1.70. The minimum Gasteiger partial charge on any atom is -0.382 e. The lowest BCUT2D eigenvalue weighted by molar-refractivity contribution is 0.0544. The van der Waals surface area contributed by atoms with Gasteiger partial charge in [0.05, 0.1) is 19.8 Å². The van der Waals surface area contributed by atoms with Crippen molar-refractivity contribution in [1.29, 1.82) is 0 Å². The second-order valence-electron chi connectivity index (χ2n) is 5.32. The molecule has 20 heavy (non-hydrogen) atoms. The number of ether oxygens (including phenoxy) is 2. The normalized spacial score (nSPS) is 19.0. The number of rotatable bonds is 9. The Hall–Kier alpha value is -0.970. The fourth-order valence-electron chi connectivity index (χ4n) is 2.84. The number of fused-ring (bicyclic) bond motifs is 1. The molecule has 4 heteroatoms. The lowest BCUT2D eigenvalue weighted by atomic mass is 9.97. The second-order valence-corrected chi connectivity index (χ2v) is 5.32. The molecule has 0 bridgehead atoms. The van der Waals surface area contributed by atoms with Gasteiger partial charge in [0.15, 0.2) is 0 Å². The van der Waals surface area contributed by atoms with Crippen LogP contribution in [0.25, 0.3) is 0 Å². The van der Waals surface area contributed by atoms with Crippen molar-refractivity contribution < 1.29 is 9.47 Å². The molecular formula is C16H26N2O2. The van der Waals surface area contributed by atoms with E-state index in [1.165, 1.54) is 17.7 Å². The van der Waals surface area contributed by atoms with Crippen LogP contribution in [0, 0.1) is 0 Å². The highest BCUT2D eigenvalue weighted by atomic mass is 16.5. The molecule has 0 amide bonds. The van der Waals surface area contributed by atoms with E-state index in [0.29, 0.717) is 25.2 Å². The number of aryl methyl sites for hydroxylation is 1. The Morgan fingerprint density at radius 1 is 1.45 bits per heavy atom. The fourth-order valence-corrected chi connectivity index (χ4v) is 2.84. The van der Waals surface area contributed by atoms with Gasteiger partial charge in [-0.2, -0.15) is 0 Å². The fraction of sp³-hybridized carbons (Fsp3) is 0.688. The maximum Gasteiger partial charge on any atom is 0.0701 e. The summed E-state index contributed by atoms with van der Waals surface area (Å²) < 4.78 is 10.8. The maximum atomic E-state index is 5.75. The predicted octanol–water partition coefficient (Wildman–Crippen LogP) is 2.14. The van der Waals surface area contributed by atoms with Crippen molar-refractivity contribution in [2.75, 3.05) is 33.5 Å². The van der Waals surface area contributed by atoms with E-state index in [1.54, 1.807) is 7.11 Å². The van der Waals surface area contributed by atoms with E-state index in [2.05, 4.69) is 23.3 Å². The SMILES string of the molecule is CCCNC(COCCOC)C1CCc2cccnc21. The molecular weight excluding hydrogens is 252 g/mol. The summed E-state index contributed by atoms with van der Waals surface area (Å²) in [5.41, 5.74) is 2.66. The van der Waals surface area contributed by atoms with Crippen LogP contribution in [0.3, 0.4) is 0 Å². The number of aromatic nitrogens is 1. The molecule has 1 N–H and O–H groups in total. The van der Waals surface area contributed by atoms with Gasteiger partial charge in [-0.1, -0.05) is 13.0 Å². The van der Waals surface area contributed by atoms with Crippen molar-refractivity contribution in [2.45, 2.75) is 38.1 Å². The smallest absolute Gasteiger partial charge is 0.0701 e. The zero-order valence-electron chi connectivity index (χ0n) is 12.6. The van der Waals surface area contributed by atoms with E-state index in [4.69, 9.17) is 9.47 Å². The van der Waals surface area contributed by atoms with Crippen LogP contribution in [-0.2, 0) is 15.9 Å². The monoisotopic (exact) mass is 278 g/mol. The van der Waals surface area contributed by atoms with Crippen LogP contribution < -0.4 is 5.32 Å². The first-order valence-electron chi connectivity index (χ1n) is 7.60. The van der Waals surface area contributed by atoms with Gasteiger partial charge in [0.1, 0.15) is 0 Å². The summed E-state index contributed by atoms with van der Waals surface area (Å²) in [4.78, 5) is 4.59. The molecule has 1 aliphatic carbocycles. The minimum atomic E-state index is 0.350. The summed E-state index contributed by atoms with van der Waals surface area (Å²) in [5.74, 6) is 0.472. The van der Waals surface area contributed by atoms with Gasteiger partial charge in [0, 0.05) is 31.0 Å². The number of methoxy groups -OCH3 is 1. The third-order valence-corrected chi connectivity index (χ3v) is 3.87. The number of pyridine rings is 1. The van der Waals surface area contributed by atoms with Crippen molar-refractivity contribution in [3.8, 4) is 0 Å². The number of hydrogen-bond donors (Lipinski definition) is 1. The first-order valence-corrected chi connectivity index (χ1v) is 7.60. The molecule has 0 spiro atoms. The molecule has 0 saturated carbocycles. The molecule has 0 aromatic carbocycles. The standard InChI is InChI=1S/C16H26N2O2/c1-3-8-17-15(12-20-11-10-19-2)14-7-6-13-5-4-9-18-16(13)14/h4-5,9,14-15,17H,3,6-8,10-12H2,1-2H3. The van der Waals surface area contributed by atoms with Crippen molar-refractivity contribution in [3.05, 3.63) is 29.6 Å². The van der Waals surface area contributed by atoms with E-state index >= 15 is 0 Å². The molecule has 2 unspecified atom stereocenters. The minimum absolute atomic E-state index is 0.350. The molecule has 2 rings (SSSR count). The predicted molar refractivity (Wildman–Crippen MR) is 80.1 cm³/mol. The molecule has 4 nitrogen and oxygen atoms in total. The van der Waals surface area contributed by atoms with Gasteiger partial charge >= 0.3 is 0 Å². The van der Waals surface area contributed by atoms with Gasteiger partial charge in [0.25, 0.3) is 0 Å². The average Bonchev–Trinajstić information content (AvgIpc) is 2.91. The van der Waals surface area contributed by atoms with Gasteiger partial charge in [0.2, 0.25) is 0 Å². The molecule has 0 radical (unpaired) electrons. The van der Waals surface area contributed by atoms with Crippen LogP contribution in [0.2, 0.25) is 0 Å². The van der Waals surface area contributed by atoms with Crippen molar-refractivity contribution >= 4 is 0 Å². The average molecular weight is 278 g/mol. The highest BCUT2D eigenvalue weighted by molar-refractivity contribution is 5.30. The Labute approximate surface area is 121 Å². The van der Waals surface area contributed by atoms with Crippen LogP contribution in [0.4, 0.5) is 0 Å². The molecule has 2 atom stereocenters. The van der Waals surface area contributed by atoms with Crippen LogP contribution >= 0.6 is 0 Å².